The molecule has 3 rings (SSSR count). The van der Waals surface area contributed by atoms with Crippen LogP contribution in [0.15, 0.2) is 54.7 Å². The van der Waals surface area contributed by atoms with Crippen LogP contribution in [0, 0.1) is 0 Å². The topological polar surface area (TPSA) is 66.0 Å². The first kappa shape index (κ1) is 20.0. The summed E-state index contributed by atoms with van der Waals surface area (Å²) < 4.78 is 0. The third-order valence-corrected chi connectivity index (χ3v) is 4.32. The quantitative estimate of drug-likeness (QED) is 0.529. The van der Waals surface area contributed by atoms with Crippen LogP contribution >= 0.6 is 11.6 Å². The second-order valence-electron chi connectivity index (χ2n) is 6.74. The number of nitrogens with zero attached hydrogens (tertiary/aromatic N) is 4. The molecule has 28 heavy (non-hydrogen) atoms. The van der Waals surface area contributed by atoms with E-state index in [0.717, 1.165) is 47.3 Å². The fourth-order valence-corrected chi connectivity index (χ4v) is 2.91. The number of benzene rings is 1. The van der Waals surface area contributed by atoms with Gasteiger partial charge in [0.15, 0.2) is 0 Å². The van der Waals surface area contributed by atoms with E-state index in [4.69, 9.17) is 11.6 Å². The van der Waals surface area contributed by atoms with Gasteiger partial charge in [0.2, 0.25) is 5.95 Å². The molecule has 146 valence electrons. The molecule has 0 atom stereocenters. The maximum Gasteiger partial charge on any atom is 0.225 e. The Morgan fingerprint density at radius 3 is 2.61 bits per heavy atom. The maximum atomic E-state index is 6.08. The first-order valence-corrected chi connectivity index (χ1v) is 9.65. The molecule has 3 aromatic rings. The molecule has 0 amide bonds. The van der Waals surface area contributed by atoms with Crippen LogP contribution in [0.25, 0.3) is 11.4 Å². The minimum Gasteiger partial charge on any atom is -0.366 e. The summed E-state index contributed by atoms with van der Waals surface area (Å²) in [5.74, 6) is 1.33. The molecule has 6 nitrogen and oxygen atoms in total. The summed E-state index contributed by atoms with van der Waals surface area (Å²) in [5, 5.41) is 7.40. The third kappa shape index (κ3) is 6.18. The Bertz CT molecular complexity index is 885. The second kappa shape index (κ2) is 10.0. The van der Waals surface area contributed by atoms with Gasteiger partial charge in [-0.3, -0.25) is 4.98 Å². The summed E-state index contributed by atoms with van der Waals surface area (Å²) in [7, 11) is 4.13. The van der Waals surface area contributed by atoms with Crippen LogP contribution in [0.3, 0.4) is 0 Å². The molecule has 0 saturated heterocycles. The van der Waals surface area contributed by atoms with E-state index in [2.05, 4.69) is 44.6 Å². The number of halogens is 1. The summed E-state index contributed by atoms with van der Waals surface area (Å²) in [4.78, 5) is 15.8. The average Bonchev–Trinajstić information content (AvgIpc) is 2.70. The van der Waals surface area contributed by atoms with E-state index in [-0.39, 0.29) is 0 Å². The Balaban J connectivity index is 1.76. The molecule has 0 radical (unpaired) electrons. The molecule has 0 saturated carbocycles. The first-order chi connectivity index (χ1) is 13.6. The zero-order valence-electron chi connectivity index (χ0n) is 16.2. The van der Waals surface area contributed by atoms with Gasteiger partial charge in [-0.2, -0.15) is 4.98 Å². The molecule has 2 N–H and O–H groups in total. The summed E-state index contributed by atoms with van der Waals surface area (Å²) in [6.45, 7) is 2.43. The van der Waals surface area contributed by atoms with E-state index in [1.54, 1.807) is 6.20 Å². The lowest BCUT2D eigenvalue weighted by Crippen LogP contribution is -2.17. The lowest BCUT2D eigenvalue weighted by atomic mass is 10.2. The monoisotopic (exact) mass is 396 g/mol. The van der Waals surface area contributed by atoms with Crippen molar-refractivity contribution in [1.29, 1.82) is 0 Å². The van der Waals surface area contributed by atoms with Gasteiger partial charge >= 0.3 is 0 Å². The summed E-state index contributed by atoms with van der Waals surface area (Å²) in [6, 6.07) is 15.5. The van der Waals surface area contributed by atoms with Crippen molar-refractivity contribution in [3.8, 4) is 11.4 Å². The van der Waals surface area contributed by atoms with Crippen molar-refractivity contribution in [2.24, 2.45) is 0 Å². The molecular formula is C21H25ClN6. The van der Waals surface area contributed by atoms with Gasteiger partial charge in [-0.1, -0.05) is 29.8 Å². The van der Waals surface area contributed by atoms with Crippen LogP contribution < -0.4 is 10.6 Å². The molecule has 0 aliphatic rings. The van der Waals surface area contributed by atoms with Gasteiger partial charge in [0.05, 0.1) is 11.4 Å². The highest BCUT2D eigenvalue weighted by Crippen LogP contribution is 2.20. The molecule has 1 aromatic carbocycles. The predicted molar refractivity (Wildman–Crippen MR) is 116 cm³/mol. The van der Waals surface area contributed by atoms with Crippen molar-refractivity contribution in [3.63, 3.8) is 0 Å². The zero-order valence-corrected chi connectivity index (χ0v) is 16.9. The number of anilines is 2. The van der Waals surface area contributed by atoms with Gasteiger partial charge in [0.25, 0.3) is 0 Å². The van der Waals surface area contributed by atoms with E-state index >= 15 is 0 Å². The fourth-order valence-electron chi connectivity index (χ4n) is 2.70. The van der Waals surface area contributed by atoms with Crippen LogP contribution in [0.2, 0.25) is 5.02 Å². The molecular weight excluding hydrogens is 372 g/mol. The van der Waals surface area contributed by atoms with Crippen molar-refractivity contribution in [1.82, 2.24) is 19.9 Å². The molecule has 2 heterocycles. The molecule has 0 fully saturated rings. The molecule has 0 aliphatic carbocycles. The van der Waals surface area contributed by atoms with Crippen molar-refractivity contribution < 1.29 is 0 Å². The van der Waals surface area contributed by atoms with Crippen molar-refractivity contribution >= 4 is 23.4 Å². The van der Waals surface area contributed by atoms with E-state index in [1.165, 1.54) is 0 Å². The Hall–Kier alpha value is -2.70. The van der Waals surface area contributed by atoms with E-state index in [9.17, 15) is 0 Å². The summed E-state index contributed by atoms with van der Waals surface area (Å²) in [6.07, 6.45) is 2.77. The van der Waals surface area contributed by atoms with Crippen molar-refractivity contribution in [2.45, 2.75) is 13.0 Å². The summed E-state index contributed by atoms with van der Waals surface area (Å²) >= 11 is 6.08. The van der Waals surface area contributed by atoms with Gasteiger partial charge in [-0.25, -0.2) is 4.98 Å². The average molecular weight is 397 g/mol. The standard InChI is InChI=1S/C21H25ClN6/c1-28(2)12-6-11-24-21-26-19(18-9-3-4-10-23-18)14-20(27-21)25-15-16-7-5-8-17(22)13-16/h3-5,7-10,13-14H,6,11-12,15H2,1-2H3,(H2,24,25,26,27). The Labute approximate surface area is 171 Å². The Morgan fingerprint density at radius 1 is 0.964 bits per heavy atom. The van der Waals surface area contributed by atoms with Crippen LogP contribution in [-0.2, 0) is 6.54 Å². The minimum absolute atomic E-state index is 0.593. The molecule has 0 bridgehead atoms. The zero-order chi connectivity index (χ0) is 19.8. The normalized spacial score (nSPS) is 10.9. The number of nitrogens with one attached hydrogen (secondary N) is 2. The maximum absolute atomic E-state index is 6.08. The summed E-state index contributed by atoms with van der Waals surface area (Å²) in [5.41, 5.74) is 2.68. The highest BCUT2D eigenvalue weighted by molar-refractivity contribution is 6.30. The van der Waals surface area contributed by atoms with Crippen molar-refractivity contribution in [2.75, 3.05) is 37.8 Å². The largest absolute Gasteiger partial charge is 0.366 e. The highest BCUT2D eigenvalue weighted by atomic mass is 35.5. The number of hydrogen-bond donors (Lipinski definition) is 2. The third-order valence-electron chi connectivity index (χ3n) is 4.08. The number of hydrogen-bond acceptors (Lipinski definition) is 6. The van der Waals surface area contributed by atoms with Gasteiger partial charge in [0.1, 0.15) is 5.82 Å². The molecule has 0 spiro atoms. The minimum atomic E-state index is 0.593. The van der Waals surface area contributed by atoms with E-state index < -0.39 is 0 Å². The van der Waals surface area contributed by atoms with Crippen molar-refractivity contribution in [3.05, 3.63) is 65.3 Å². The lowest BCUT2D eigenvalue weighted by Gasteiger charge is -2.12. The predicted octanol–water partition coefficient (Wildman–Crippen LogP) is 4.17. The van der Waals surface area contributed by atoms with E-state index in [1.807, 2.05) is 48.5 Å². The number of pyridine rings is 1. The van der Waals surface area contributed by atoms with Crippen LogP contribution in [0.4, 0.5) is 11.8 Å². The SMILES string of the molecule is CN(C)CCCNc1nc(NCc2cccc(Cl)c2)cc(-c2ccccn2)n1. The molecule has 0 aliphatic heterocycles. The van der Waals surface area contributed by atoms with Crippen LogP contribution in [0.1, 0.15) is 12.0 Å². The van der Waals surface area contributed by atoms with Gasteiger partial charge in [-0.15, -0.1) is 0 Å². The lowest BCUT2D eigenvalue weighted by molar-refractivity contribution is 0.405. The number of aromatic nitrogens is 3. The second-order valence-corrected chi connectivity index (χ2v) is 7.18. The Kier molecular flexibility index (Phi) is 7.17. The first-order valence-electron chi connectivity index (χ1n) is 9.27. The van der Waals surface area contributed by atoms with E-state index in [0.29, 0.717) is 12.5 Å². The molecule has 7 heteroatoms. The fraction of sp³-hybridized carbons (Fsp3) is 0.286. The highest BCUT2D eigenvalue weighted by Gasteiger charge is 2.08. The van der Waals surface area contributed by atoms with Crippen LogP contribution in [0.5, 0.6) is 0 Å². The molecule has 0 unspecified atom stereocenters. The van der Waals surface area contributed by atoms with Gasteiger partial charge in [-0.05, 0) is 56.9 Å². The van der Waals surface area contributed by atoms with Gasteiger partial charge < -0.3 is 15.5 Å². The van der Waals surface area contributed by atoms with Crippen LogP contribution in [-0.4, -0.2) is 47.0 Å². The smallest absolute Gasteiger partial charge is 0.225 e. The van der Waals surface area contributed by atoms with Gasteiger partial charge in [0, 0.05) is 30.4 Å². The number of rotatable bonds is 9. The Morgan fingerprint density at radius 2 is 1.86 bits per heavy atom. The molecule has 2 aromatic heterocycles.